The van der Waals surface area contributed by atoms with E-state index in [1.807, 2.05) is 18.2 Å². The Morgan fingerprint density at radius 3 is 2.53 bits per heavy atom. The molecule has 0 aliphatic heterocycles. The number of hydrogen-bond acceptors (Lipinski definition) is 3. The Balaban J connectivity index is 1.98. The van der Waals surface area contributed by atoms with Gasteiger partial charge in [-0.1, -0.05) is 6.07 Å². The highest BCUT2D eigenvalue weighted by atomic mass is 16.5. The molecule has 19 heavy (non-hydrogen) atoms. The molecule has 0 bridgehead atoms. The average Bonchev–Trinajstić information content (AvgIpc) is 3.15. The van der Waals surface area contributed by atoms with Gasteiger partial charge in [0.25, 0.3) is 0 Å². The van der Waals surface area contributed by atoms with E-state index in [0.29, 0.717) is 11.5 Å². The summed E-state index contributed by atoms with van der Waals surface area (Å²) in [5, 5.41) is 11.4. The summed E-state index contributed by atoms with van der Waals surface area (Å²) >= 11 is 0. The van der Waals surface area contributed by atoms with Crippen LogP contribution in [0.2, 0.25) is 0 Å². The smallest absolute Gasteiger partial charge is 0.405 e. The molecule has 0 aromatic heterocycles. The standard InChI is InChI=1S/C14H19NO4/c1-18-11-4-3-10(9-12(11)19-2)5-6-14(7-8-14)15-13(16)17/h3-4,9,15H,5-8H2,1-2H3,(H,16,17). The number of benzene rings is 1. The number of aryl methyl sites for hydroxylation is 1. The topological polar surface area (TPSA) is 67.8 Å². The number of carboxylic acid groups (broad SMARTS) is 1. The quantitative estimate of drug-likeness (QED) is 0.829. The average molecular weight is 265 g/mol. The molecule has 1 saturated carbocycles. The molecular formula is C14H19NO4. The van der Waals surface area contributed by atoms with Gasteiger partial charge in [-0.25, -0.2) is 4.79 Å². The van der Waals surface area contributed by atoms with Gasteiger partial charge in [0.05, 0.1) is 14.2 Å². The van der Waals surface area contributed by atoms with Crippen LogP contribution in [0.3, 0.4) is 0 Å². The van der Waals surface area contributed by atoms with Crippen LogP contribution < -0.4 is 14.8 Å². The molecule has 1 aliphatic carbocycles. The molecular weight excluding hydrogens is 246 g/mol. The zero-order valence-electron chi connectivity index (χ0n) is 11.2. The van der Waals surface area contributed by atoms with Gasteiger partial charge in [-0.2, -0.15) is 0 Å². The van der Waals surface area contributed by atoms with Crippen molar-refractivity contribution in [3.8, 4) is 11.5 Å². The van der Waals surface area contributed by atoms with E-state index in [1.54, 1.807) is 14.2 Å². The third kappa shape index (κ3) is 3.30. The summed E-state index contributed by atoms with van der Waals surface area (Å²) in [4.78, 5) is 10.7. The molecule has 1 aromatic rings. The first-order chi connectivity index (χ1) is 9.08. The predicted octanol–water partition coefficient (Wildman–Crippen LogP) is 2.44. The summed E-state index contributed by atoms with van der Waals surface area (Å²) in [6.45, 7) is 0. The minimum atomic E-state index is -0.940. The lowest BCUT2D eigenvalue weighted by molar-refractivity contribution is 0.187. The van der Waals surface area contributed by atoms with Crippen LogP contribution in [0.5, 0.6) is 11.5 Å². The lowest BCUT2D eigenvalue weighted by Crippen LogP contribution is -2.35. The van der Waals surface area contributed by atoms with Crippen molar-refractivity contribution in [3.63, 3.8) is 0 Å². The molecule has 0 saturated heterocycles. The van der Waals surface area contributed by atoms with E-state index in [1.165, 1.54) is 0 Å². The Morgan fingerprint density at radius 2 is 2.00 bits per heavy atom. The first-order valence-electron chi connectivity index (χ1n) is 6.30. The molecule has 5 nitrogen and oxygen atoms in total. The maximum atomic E-state index is 10.7. The molecule has 0 unspecified atom stereocenters. The molecule has 0 spiro atoms. The van der Waals surface area contributed by atoms with E-state index in [2.05, 4.69) is 5.32 Å². The molecule has 104 valence electrons. The van der Waals surface area contributed by atoms with Gasteiger partial charge in [-0.15, -0.1) is 0 Å². The fraction of sp³-hybridized carbons (Fsp3) is 0.500. The molecule has 1 aromatic carbocycles. The van der Waals surface area contributed by atoms with Gasteiger partial charge in [0.15, 0.2) is 11.5 Å². The first kappa shape index (κ1) is 13.5. The highest BCUT2D eigenvalue weighted by Gasteiger charge is 2.43. The van der Waals surface area contributed by atoms with Crippen molar-refractivity contribution in [2.45, 2.75) is 31.2 Å². The summed E-state index contributed by atoms with van der Waals surface area (Å²) in [6.07, 6.45) is 2.54. The largest absolute Gasteiger partial charge is 0.493 e. The summed E-state index contributed by atoms with van der Waals surface area (Å²) in [6, 6.07) is 5.80. The van der Waals surface area contributed by atoms with Gasteiger partial charge in [-0.05, 0) is 43.4 Å². The minimum absolute atomic E-state index is 0.209. The van der Waals surface area contributed by atoms with Crippen molar-refractivity contribution in [1.29, 1.82) is 0 Å². The highest BCUT2D eigenvalue weighted by Crippen LogP contribution is 2.40. The zero-order chi connectivity index (χ0) is 13.9. The maximum Gasteiger partial charge on any atom is 0.405 e. The van der Waals surface area contributed by atoms with Crippen molar-refractivity contribution in [3.05, 3.63) is 23.8 Å². The Kier molecular flexibility index (Phi) is 3.83. The van der Waals surface area contributed by atoms with Crippen molar-refractivity contribution < 1.29 is 19.4 Å². The molecule has 0 radical (unpaired) electrons. The molecule has 1 aliphatic rings. The number of rotatable bonds is 6. The van der Waals surface area contributed by atoms with Crippen LogP contribution in [0.15, 0.2) is 18.2 Å². The van der Waals surface area contributed by atoms with E-state index < -0.39 is 6.09 Å². The fourth-order valence-corrected chi connectivity index (χ4v) is 2.23. The van der Waals surface area contributed by atoms with Crippen LogP contribution in [0.1, 0.15) is 24.8 Å². The maximum absolute atomic E-state index is 10.7. The van der Waals surface area contributed by atoms with Crippen molar-refractivity contribution >= 4 is 6.09 Å². The summed E-state index contributed by atoms with van der Waals surface area (Å²) in [7, 11) is 3.21. The molecule has 0 atom stereocenters. The van der Waals surface area contributed by atoms with E-state index >= 15 is 0 Å². The highest BCUT2D eigenvalue weighted by molar-refractivity contribution is 5.66. The molecule has 1 fully saturated rings. The van der Waals surface area contributed by atoms with E-state index in [9.17, 15) is 4.79 Å². The Bertz CT molecular complexity index is 469. The SMILES string of the molecule is COc1ccc(CCC2(NC(=O)O)CC2)cc1OC. The summed E-state index contributed by atoms with van der Waals surface area (Å²) < 4.78 is 10.4. The van der Waals surface area contributed by atoms with Crippen molar-refractivity contribution in [1.82, 2.24) is 5.32 Å². The van der Waals surface area contributed by atoms with Gasteiger partial charge in [-0.3, -0.25) is 0 Å². The lowest BCUT2D eigenvalue weighted by atomic mass is 10.0. The predicted molar refractivity (Wildman–Crippen MR) is 71.0 cm³/mol. The number of amides is 1. The third-order valence-electron chi connectivity index (χ3n) is 3.57. The lowest BCUT2D eigenvalue weighted by Gasteiger charge is -2.15. The molecule has 1 amide bonds. The van der Waals surface area contributed by atoms with E-state index in [-0.39, 0.29) is 5.54 Å². The van der Waals surface area contributed by atoms with Crippen LogP contribution in [0, 0.1) is 0 Å². The second-order valence-corrected chi connectivity index (χ2v) is 4.90. The van der Waals surface area contributed by atoms with Gasteiger partial charge >= 0.3 is 6.09 Å². The Labute approximate surface area is 112 Å². The fourth-order valence-electron chi connectivity index (χ4n) is 2.23. The first-order valence-corrected chi connectivity index (χ1v) is 6.30. The number of hydrogen-bond donors (Lipinski definition) is 2. The van der Waals surface area contributed by atoms with Gasteiger partial charge in [0, 0.05) is 5.54 Å². The van der Waals surface area contributed by atoms with Crippen LogP contribution in [0.25, 0.3) is 0 Å². The number of carbonyl (C=O) groups is 1. The second-order valence-electron chi connectivity index (χ2n) is 4.90. The zero-order valence-corrected chi connectivity index (χ0v) is 11.2. The van der Waals surface area contributed by atoms with E-state index in [0.717, 1.165) is 31.2 Å². The summed E-state index contributed by atoms with van der Waals surface area (Å²) in [5.41, 5.74) is 0.912. The molecule has 2 rings (SSSR count). The number of methoxy groups -OCH3 is 2. The van der Waals surface area contributed by atoms with Crippen molar-refractivity contribution in [2.24, 2.45) is 0 Å². The monoisotopic (exact) mass is 265 g/mol. The van der Waals surface area contributed by atoms with Gasteiger partial charge in [0.1, 0.15) is 0 Å². The summed E-state index contributed by atoms with van der Waals surface area (Å²) in [5.74, 6) is 1.41. The van der Waals surface area contributed by atoms with Crippen LogP contribution in [-0.2, 0) is 6.42 Å². The molecule has 5 heteroatoms. The minimum Gasteiger partial charge on any atom is -0.493 e. The second kappa shape index (κ2) is 5.38. The van der Waals surface area contributed by atoms with Crippen LogP contribution in [0.4, 0.5) is 4.79 Å². The van der Waals surface area contributed by atoms with Crippen LogP contribution >= 0.6 is 0 Å². The third-order valence-corrected chi connectivity index (χ3v) is 3.57. The Hall–Kier alpha value is -1.91. The molecule has 0 heterocycles. The number of ether oxygens (including phenoxy) is 2. The number of nitrogens with one attached hydrogen (secondary N) is 1. The van der Waals surface area contributed by atoms with Gasteiger partial charge in [0.2, 0.25) is 0 Å². The van der Waals surface area contributed by atoms with E-state index in [4.69, 9.17) is 14.6 Å². The van der Waals surface area contributed by atoms with Crippen molar-refractivity contribution in [2.75, 3.05) is 14.2 Å². The van der Waals surface area contributed by atoms with Gasteiger partial charge < -0.3 is 19.9 Å². The Morgan fingerprint density at radius 1 is 1.32 bits per heavy atom. The molecule has 2 N–H and O–H groups in total. The normalized spacial score (nSPS) is 15.7. The van der Waals surface area contributed by atoms with Crippen LogP contribution in [-0.4, -0.2) is 31.0 Å².